The molecule has 11 heteroatoms. The molecular formula is C46H74F2N6O3. The van der Waals surface area contributed by atoms with E-state index < -0.39 is 0 Å². The van der Waals surface area contributed by atoms with Crippen LogP contribution in [0.5, 0.6) is 0 Å². The second-order valence-corrected chi connectivity index (χ2v) is 17.5. The van der Waals surface area contributed by atoms with Crippen molar-refractivity contribution in [2.45, 2.75) is 115 Å². The highest BCUT2D eigenvalue weighted by Crippen LogP contribution is 2.32. The molecule has 0 unspecified atom stereocenters. The summed E-state index contributed by atoms with van der Waals surface area (Å²) in [4.78, 5) is 32.6. The zero-order chi connectivity index (χ0) is 41.5. The number of aliphatic hydroxyl groups is 1. The van der Waals surface area contributed by atoms with Gasteiger partial charge in [0.2, 0.25) is 11.8 Å². The minimum absolute atomic E-state index is 0.145. The Bertz CT molecular complexity index is 1480. The van der Waals surface area contributed by atoms with E-state index in [2.05, 4.69) is 22.2 Å². The van der Waals surface area contributed by atoms with Crippen LogP contribution in [0.15, 0.2) is 48.5 Å². The molecule has 0 spiro atoms. The molecule has 320 valence electrons. The summed E-state index contributed by atoms with van der Waals surface area (Å²) >= 11 is 0. The number of carbonyl (C=O) groups excluding carboxylic acids is 2. The van der Waals surface area contributed by atoms with E-state index in [9.17, 15) is 18.4 Å². The fourth-order valence-corrected chi connectivity index (χ4v) is 10.0. The van der Waals surface area contributed by atoms with Crippen molar-refractivity contribution >= 4 is 11.8 Å². The molecule has 0 radical (unpaired) electrons. The summed E-state index contributed by atoms with van der Waals surface area (Å²) in [7, 11) is 6.93. The maximum atomic E-state index is 13.2. The van der Waals surface area contributed by atoms with E-state index in [1.807, 2.05) is 48.2 Å². The number of hydrogen-bond donors (Lipinski definition) is 3. The maximum Gasteiger partial charge on any atom is 0.219 e. The molecule has 57 heavy (non-hydrogen) atoms. The summed E-state index contributed by atoms with van der Waals surface area (Å²) < 4.78 is 26.3. The average molecular weight is 797 g/mol. The van der Waals surface area contributed by atoms with Gasteiger partial charge in [0, 0.05) is 85.4 Å². The Morgan fingerprint density at radius 3 is 1.56 bits per heavy atom. The van der Waals surface area contributed by atoms with Crippen LogP contribution >= 0.6 is 0 Å². The normalized spacial score (nSPS) is 28.2. The number of rotatable bonds is 11. The van der Waals surface area contributed by atoms with Gasteiger partial charge in [-0.25, -0.2) is 8.78 Å². The van der Waals surface area contributed by atoms with Crippen LogP contribution < -0.4 is 11.1 Å². The Balaban J connectivity index is 0.000000242. The van der Waals surface area contributed by atoms with Gasteiger partial charge in [-0.1, -0.05) is 24.3 Å². The first-order valence-corrected chi connectivity index (χ1v) is 21.7. The highest BCUT2D eigenvalue weighted by Gasteiger charge is 2.35. The molecule has 2 saturated heterocycles. The van der Waals surface area contributed by atoms with Gasteiger partial charge in [-0.15, -0.1) is 0 Å². The minimum atomic E-state index is -0.166. The SMILES string of the molecule is CC(=O)N(C)[C@@H]1CC[C@@H](N)[C@H](CN2CCC[C@@H](Cc3ccc(F)cc3)C2)C1.CN[C@@H]1CC[C@@H](N(C)C(C)=O)C[C@H]1CN1CCC[C@@H](Cc2ccc(F)cc2)C1.CO. The fraction of sp³-hybridized carbons (Fsp3) is 0.696. The van der Waals surface area contributed by atoms with E-state index in [1.165, 1.54) is 43.4 Å². The molecule has 2 amide bonds. The number of amides is 2. The van der Waals surface area contributed by atoms with Crippen molar-refractivity contribution in [2.75, 3.05) is 67.5 Å². The zero-order valence-electron chi connectivity index (χ0n) is 35.9. The molecule has 4 fully saturated rings. The van der Waals surface area contributed by atoms with Crippen molar-refractivity contribution in [1.82, 2.24) is 24.9 Å². The second kappa shape index (κ2) is 23.6. The van der Waals surface area contributed by atoms with Crippen LogP contribution in [0, 0.1) is 35.3 Å². The predicted molar refractivity (Wildman–Crippen MR) is 227 cm³/mol. The Hall–Kier alpha value is -2.96. The second-order valence-electron chi connectivity index (χ2n) is 17.5. The minimum Gasteiger partial charge on any atom is -0.400 e. The van der Waals surface area contributed by atoms with Gasteiger partial charge in [0.25, 0.3) is 0 Å². The number of likely N-dealkylation sites (tertiary alicyclic amines) is 2. The summed E-state index contributed by atoms with van der Waals surface area (Å²) in [5.41, 5.74) is 8.90. The maximum absolute atomic E-state index is 13.2. The number of benzene rings is 2. The molecular weight excluding hydrogens is 723 g/mol. The molecule has 2 heterocycles. The predicted octanol–water partition coefficient (Wildman–Crippen LogP) is 5.98. The van der Waals surface area contributed by atoms with Crippen LogP contribution in [0.25, 0.3) is 0 Å². The van der Waals surface area contributed by atoms with Gasteiger partial charge in [-0.2, -0.15) is 0 Å². The Morgan fingerprint density at radius 1 is 0.702 bits per heavy atom. The first-order chi connectivity index (χ1) is 27.4. The number of carbonyl (C=O) groups is 2. The third kappa shape index (κ3) is 14.7. The van der Waals surface area contributed by atoms with Gasteiger partial charge < -0.3 is 35.8 Å². The highest BCUT2D eigenvalue weighted by molar-refractivity contribution is 5.73. The lowest BCUT2D eigenvalue weighted by Gasteiger charge is -2.43. The first kappa shape index (κ1) is 46.7. The lowest BCUT2D eigenvalue weighted by molar-refractivity contribution is -0.131. The number of aliphatic hydroxyl groups excluding tert-OH is 1. The Morgan fingerprint density at radius 2 is 1.12 bits per heavy atom. The van der Waals surface area contributed by atoms with Crippen LogP contribution in [0.2, 0.25) is 0 Å². The van der Waals surface area contributed by atoms with Crippen molar-refractivity contribution in [3.63, 3.8) is 0 Å². The van der Waals surface area contributed by atoms with Crippen molar-refractivity contribution in [1.29, 1.82) is 0 Å². The van der Waals surface area contributed by atoms with Crippen LogP contribution in [0.1, 0.15) is 89.2 Å². The summed E-state index contributed by atoms with van der Waals surface area (Å²) in [6, 6.07) is 15.4. The number of nitrogens with two attached hydrogens (primary N) is 1. The van der Waals surface area contributed by atoms with Crippen molar-refractivity contribution < 1.29 is 23.5 Å². The molecule has 2 aliphatic heterocycles. The zero-order valence-corrected chi connectivity index (χ0v) is 35.9. The Kier molecular flexibility index (Phi) is 19.3. The van der Waals surface area contributed by atoms with Crippen LogP contribution in [0.4, 0.5) is 8.78 Å². The van der Waals surface area contributed by atoms with Crippen LogP contribution in [0.3, 0.4) is 0 Å². The van der Waals surface area contributed by atoms with Crippen molar-refractivity contribution in [2.24, 2.45) is 29.4 Å². The van der Waals surface area contributed by atoms with E-state index >= 15 is 0 Å². The van der Waals surface area contributed by atoms with E-state index in [-0.39, 0.29) is 29.5 Å². The fourth-order valence-electron chi connectivity index (χ4n) is 10.0. The molecule has 2 saturated carbocycles. The molecule has 2 aromatic carbocycles. The molecule has 0 bridgehead atoms. The molecule has 9 nitrogen and oxygen atoms in total. The quantitative estimate of drug-likeness (QED) is 0.257. The number of hydrogen-bond acceptors (Lipinski definition) is 7. The largest absolute Gasteiger partial charge is 0.400 e. The summed E-state index contributed by atoms with van der Waals surface area (Å²) in [6.07, 6.45) is 13.3. The number of piperidine rings is 2. The van der Waals surface area contributed by atoms with Gasteiger partial charge in [0.15, 0.2) is 0 Å². The third-order valence-electron chi connectivity index (χ3n) is 13.5. The number of nitrogens with zero attached hydrogens (tertiary/aromatic N) is 4. The van der Waals surface area contributed by atoms with Gasteiger partial charge in [-0.3, -0.25) is 9.59 Å². The molecule has 2 aliphatic carbocycles. The summed E-state index contributed by atoms with van der Waals surface area (Å²) in [6.45, 7) is 9.97. The number of halogens is 2. The monoisotopic (exact) mass is 797 g/mol. The molecule has 6 rings (SSSR count). The molecule has 4 N–H and O–H groups in total. The lowest BCUT2D eigenvalue weighted by Crippen LogP contribution is -2.51. The van der Waals surface area contributed by atoms with Crippen LogP contribution in [-0.2, 0) is 22.4 Å². The van der Waals surface area contributed by atoms with Gasteiger partial charge >= 0.3 is 0 Å². The van der Waals surface area contributed by atoms with Crippen molar-refractivity contribution in [3.8, 4) is 0 Å². The standard InChI is InChI=1S/C23H36FN3O.C22H34FN3O.CH4O/c1-17(28)26(3)22-10-11-23(25-2)20(14-22)16-27-12-4-5-19(15-27)13-18-6-8-21(24)9-7-18;1-16(27)25(2)21-9-10-22(24)19(13-21)15-26-11-3-4-18(14-26)12-17-5-7-20(23)8-6-17;1-2/h6-9,19-20,22-23,25H,4-5,10-16H2,1-3H3;5-8,18-19,21-22H,3-4,9-15,24H2,1-2H3;2H,1H3/t19-,20-,22+,23+;18-,19-,21+,22+;/m00./s1. The third-order valence-corrected chi connectivity index (χ3v) is 13.5. The van der Waals surface area contributed by atoms with Crippen molar-refractivity contribution in [3.05, 3.63) is 71.3 Å². The summed E-state index contributed by atoms with van der Waals surface area (Å²) in [5.74, 6) is 2.29. The lowest BCUT2D eigenvalue weighted by atomic mass is 9.80. The van der Waals surface area contributed by atoms with E-state index in [1.54, 1.807) is 38.1 Å². The first-order valence-electron chi connectivity index (χ1n) is 21.7. The van der Waals surface area contributed by atoms with E-state index in [4.69, 9.17) is 10.8 Å². The molecule has 2 aromatic rings. The molecule has 4 aliphatic rings. The molecule has 8 atom stereocenters. The van der Waals surface area contributed by atoms with Gasteiger partial charge in [0.05, 0.1) is 0 Å². The van der Waals surface area contributed by atoms with E-state index in [0.29, 0.717) is 41.8 Å². The average Bonchev–Trinajstić information content (AvgIpc) is 3.21. The Labute approximate surface area is 342 Å². The highest BCUT2D eigenvalue weighted by atomic mass is 19.1. The van der Waals surface area contributed by atoms with Gasteiger partial charge in [0.1, 0.15) is 11.6 Å². The molecule has 0 aromatic heterocycles. The van der Waals surface area contributed by atoms with E-state index in [0.717, 1.165) is 91.2 Å². The number of nitrogens with one attached hydrogen (secondary N) is 1. The van der Waals surface area contributed by atoms with Crippen LogP contribution in [-0.4, -0.2) is 128 Å². The smallest absolute Gasteiger partial charge is 0.219 e. The summed E-state index contributed by atoms with van der Waals surface area (Å²) in [5, 5.41) is 10.5. The topological polar surface area (TPSA) is 105 Å². The van der Waals surface area contributed by atoms with Gasteiger partial charge in [-0.05, 0) is 156 Å².